The number of esters is 1. The van der Waals surface area contributed by atoms with Gasteiger partial charge >= 0.3 is 18.1 Å². The second kappa shape index (κ2) is 17.5. The molecule has 0 saturated heterocycles. The molecule has 47 heavy (non-hydrogen) atoms. The van der Waals surface area contributed by atoms with Crippen LogP contribution in [0, 0.1) is 0 Å². The molecule has 3 amide bonds. The lowest BCUT2D eigenvalue weighted by Gasteiger charge is -2.26. The molecule has 1 heterocycles. The lowest BCUT2D eigenvalue weighted by atomic mass is 10.0. The number of benzene rings is 3. The van der Waals surface area contributed by atoms with Gasteiger partial charge in [-0.15, -0.1) is 0 Å². The molecule has 2 atom stereocenters. The number of methoxy groups -OCH3 is 3. The van der Waals surface area contributed by atoms with Crippen LogP contribution in [0.2, 0.25) is 0 Å². The van der Waals surface area contributed by atoms with Crippen molar-refractivity contribution in [2.45, 2.75) is 57.8 Å². The van der Waals surface area contributed by atoms with E-state index in [0.29, 0.717) is 48.1 Å². The van der Waals surface area contributed by atoms with Crippen molar-refractivity contribution >= 4 is 18.1 Å². The second-order valence-corrected chi connectivity index (χ2v) is 11.0. The predicted molar refractivity (Wildman–Crippen MR) is 174 cm³/mol. The van der Waals surface area contributed by atoms with E-state index < -0.39 is 30.2 Å². The summed E-state index contributed by atoms with van der Waals surface area (Å²) in [5.74, 6) is 2.06. The van der Waals surface area contributed by atoms with Crippen LogP contribution in [-0.2, 0) is 27.4 Å². The third-order valence-corrected chi connectivity index (χ3v) is 7.68. The highest BCUT2D eigenvalue weighted by atomic mass is 16.7. The highest BCUT2D eigenvalue weighted by Crippen LogP contribution is 2.35. The number of fused-ring (bicyclic) bond motifs is 1. The number of rotatable bonds is 16. The number of urea groups is 1. The Balaban J connectivity index is 1.43. The molecule has 4 rings (SSSR count). The van der Waals surface area contributed by atoms with Gasteiger partial charge in [-0.25, -0.2) is 9.59 Å². The molecular formula is C35H43N3O9. The van der Waals surface area contributed by atoms with Gasteiger partial charge in [0.1, 0.15) is 18.1 Å². The smallest absolute Gasteiger partial charge is 0.410 e. The van der Waals surface area contributed by atoms with E-state index in [1.807, 2.05) is 55.5 Å². The van der Waals surface area contributed by atoms with Gasteiger partial charge in [0.25, 0.3) is 0 Å². The maximum Gasteiger partial charge on any atom is 0.410 e. The zero-order chi connectivity index (χ0) is 33.6. The summed E-state index contributed by atoms with van der Waals surface area (Å²) in [7, 11) is 4.49. The summed E-state index contributed by atoms with van der Waals surface area (Å²) < 4.78 is 32.1. The maximum absolute atomic E-state index is 13.5. The van der Waals surface area contributed by atoms with E-state index in [9.17, 15) is 14.4 Å². The van der Waals surface area contributed by atoms with Gasteiger partial charge in [0.15, 0.2) is 11.5 Å². The minimum atomic E-state index is -0.698. The van der Waals surface area contributed by atoms with Gasteiger partial charge in [-0.2, -0.15) is 0 Å². The molecule has 3 aromatic carbocycles. The molecule has 0 saturated carbocycles. The minimum Gasteiger partial charge on any atom is -0.497 e. The summed E-state index contributed by atoms with van der Waals surface area (Å²) in [6.07, 6.45) is 1.66. The summed E-state index contributed by atoms with van der Waals surface area (Å²) in [6.45, 7) is 2.70. The molecule has 0 unspecified atom stereocenters. The first-order chi connectivity index (χ1) is 22.8. The van der Waals surface area contributed by atoms with Gasteiger partial charge in [-0.3, -0.25) is 9.69 Å². The molecule has 252 valence electrons. The third-order valence-electron chi connectivity index (χ3n) is 7.68. The Bertz CT molecular complexity index is 1410. The molecule has 12 nitrogen and oxygen atoms in total. The summed E-state index contributed by atoms with van der Waals surface area (Å²) in [5, 5.41) is 5.81. The molecular weight excluding hydrogens is 606 g/mol. The monoisotopic (exact) mass is 649 g/mol. The molecule has 0 radical (unpaired) electrons. The average molecular weight is 650 g/mol. The SMILES string of the molecule is CCCC[C@@H](COC(=O)N(Cc1ccc(OC)cc1)Cc1ccc(OC)cc1)NC(=O)N[C@@H](CC(=O)OC)c1ccc2c(c1)OCO2. The second-order valence-electron chi connectivity index (χ2n) is 11.0. The van der Waals surface area contributed by atoms with Crippen molar-refractivity contribution in [3.8, 4) is 23.0 Å². The van der Waals surface area contributed by atoms with Gasteiger partial charge in [0.05, 0.1) is 39.8 Å². The first-order valence-corrected chi connectivity index (χ1v) is 15.5. The zero-order valence-electron chi connectivity index (χ0n) is 27.3. The molecule has 0 fully saturated rings. The Kier molecular flexibility index (Phi) is 13.0. The fourth-order valence-corrected chi connectivity index (χ4v) is 5.02. The fourth-order valence-electron chi connectivity index (χ4n) is 5.02. The Hall–Kier alpha value is -5.13. The van der Waals surface area contributed by atoms with Crippen LogP contribution in [0.5, 0.6) is 23.0 Å². The van der Waals surface area contributed by atoms with E-state index in [1.54, 1.807) is 37.3 Å². The molecule has 0 bridgehead atoms. The molecule has 1 aliphatic rings. The number of carbonyl (C=O) groups excluding carboxylic acids is 3. The number of ether oxygens (including phenoxy) is 6. The molecule has 3 aromatic rings. The largest absolute Gasteiger partial charge is 0.497 e. The minimum absolute atomic E-state index is 0.0420. The van der Waals surface area contributed by atoms with Crippen molar-refractivity contribution < 1.29 is 42.8 Å². The van der Waals surface area contributed by atoms with Gasteiger partial charge < -0.3 is 39.1 Å². The molecule has 0 spiro atoms. The molecule has 1 aliphatic heterocycles. The van der Waals surface area contributed by atoms with Crippen LogP contribution in [-0.4, -0.2) is 63.8 Å². The van der Waals surface area contributed by atoms with Crippen molar-refractivity contribution in [3.05, 3.63) is 83.4 Å². The van der Waals surface area contributed by atoms with E-state index in [4.69, 9.17) is 28.4 Å². The first kappa shape index (κ1) is 34.7. The van der Waals surface area contributed by atoms with Crippen LogP contribution in [0.25, 0.3) is 0 Å². The van der Waals surface area contributed by atoms with E-state index in [2.05, 4.69) is 10.6 Å². The van der Waals surface area contributed by atoms with Crippen molar-refractivity contribution in [1.29, 1.82) is 0 Å². The lowest BCUT2D eigenvalue weighted by molar-refractivity contribution is -0.141. The number of hydrogen-bond donors (Lipinski definition) is 2. The molecule has 0 aliphatic carbocycles. The Morgan fingerprint density at radius 2 is 1.45 bits per heavy atom. The summed E-state index contributed by atoms with van der Waals surface area (Å²) in [5.41, 5.74) is 2.45. The van der Waals surface area contributed by atoms with Gasteiger partial charge in [0, 0.05) is 13.1 Å². The standard InChI is InChI=1S/C35H43N3O9/c1-5-6-7-27(36-34(40)37-30(19-33(39)44-4)26-12-17-31-32(18-26)47-23-46-31)22-45-35(41)38(20-24-8-13-28(42-2)14-9-24)21-25-10-15-29(43-3)16-11-25/h8-18,27,30H,5-7,19-23H2,1-4H3,(H2,36,37,40)/t27-,30-/m0/s1. The number of nitrogens with zero attached hydrogens (tertiary/aromatic N) is 1. The normalized spacial score (nSPS) is 12.8. The van der Waals surface area contributed by atoms with Crippen LogP contribution < -0.4 is 29.6 Å². The Morgan fingerprint density at radius 1 is 0.830 bits per heavy atom. The van der Waals surface area contributed by atoms with Crippen molar-refractivity contribution in [2.24, 2.45) is 0 Å². The van der Waals surface area contributed by atoms with Crippen LogP contribution >= 0.6 is 0 Å². The van der Waals surface area contributed by atoms with Crippen molar-refractivity contribution in [1.82, 2.24) is 15.5 Å². The number of carbonyl (C=O) groups is 3. The first-order valence-electron chi connectivity index (χ1n) is 15.5. The van der Waals surface area contributed by atoms with Crippen LogP contribution in [0.3, 0.4) is 0 Å². The zero-order valence-corrected chi connectivity index (χ0v) is 27.3. The summed E-state index contributed by atoms with van der Waals surface area (Å²) in [4.78, 5) is 40.6. The van der Waals surface area contributed by atoms with E-state index in [1.165, 1.54) is 7.11 Å². The van der Waals surface area contributed by atoms with Crippen molar-refractivity contribution in [2.75, 3.05) is 34.7 Å². The van der Waals surface area contributed by atoms with Gasteiger partial charge in [0.2, 0.25) is 6.79 Å². The maximum atomic E-state index is 13.5. The number of hydrogen-bond acceptors (Lipinski definition) is 9. The van der Waals surface area contributed by atoms with E-state index in [0.717, 1.165) is 24.0 Å². The summed E-state index contributed by atoms with van der Waals surface area (Å²) >= 11 is 0. The van der Waals surface area contributed by atoms with Crippen molar-refractivity contribution in [3.63, 3.8) is 0 Å². The quantitative estimate of drug-likeness (QED) is 0.187. The Labute approximate surface area is 275 Å². The van der Waals surface area contributed by atoms with E-state index >= 15 is 0 Å². The number of nitrogens with one attached hydrogen (secondary N) is 2. The highest BCUT2D eigenvalue weighted by Gasteiger charge is 2.25. The third kappa shape index (κ3) is 10.5. The highest BCUT2D eigenvalue weighted by molar-refractivity contribution is 5.77. The lowest BCUT2D eigenvalue weighted by Crippen LogP contribution is -2.46. The summed E-state index contributed by atoms with van der Waals surface area (Å²) in [6, 6.07) is 18.5. The van der Waals surface area contributed by atoms with E-state index in [-0.39, 0.29) is 19.8 Å². The van der Waals surface area contributed by atoms with Crippen LogP contribution in [0.15, 0.2) is 66.7 Å². The fraction of sp³-hybridized carbons (Fsp3) is 0.400. The topological polar surface area (TPSA) is 134 Å². The average Bonchev–Trinajstić information content (AvgIpc) is 3.57. The Morgan fingerprint density at radius 3 is 2.02 bits per heavy atom. The van der Waals surface area contributed by atoms with Crippen LogP contribution in [0.1, 0.15) is 55.3 Å². The molecule has 2 N–H and O–H groups in total. The number of amides is 3. The molecule has 12 heteroatoms. The number of unbranched alkanes of at least 4 members (excludes halogenated alkanes) is 1. The van der Waals surface area contributed by atoms with Crippen LogP contribution in [0.4, 0.5) is 9.59 Å². The molecule has 0 aromatic heterocycles. The van der Waals surface area contributed by atoms with Gasteiger partial charge in [-0.1, -0.05) is 50.1 Å². The van der Waals surface area contributed by atoms with Gasteiger partial charge in [-0.05, 0) is 59.5 Å². The predicted octanol–water partition coefficient (Wildman–Crippen LogP) is 5.73.